The zero-order chi connectivity index (χ0) is 21.6. The number of amides is 1. The Morgan fingerprint density at radius 3 is 2.35 bits per heavy atom. The van der Waals surface area contributed by atoms with Gasteiger partial charge in [-0.15, -0.1) is 11.3 Å². The third-order valence-corrected chi connectivity index (χ3v) is 6.39. The molecular weight excluding hydrogens is 410 g/mol. The largest absolute Gasteiger partial charge is 0.497 e. The fraction of sp³-hybridized carbons (Fsp3) is 0.333. The third kappa shape index (κ3) is 5.31. The molecule has 1 amide bonds. The van der Waals surface area contributed by atoms with Crippen LogP contribution in [-0.4, -0.2) is 61.1 Å². The van der Waals surface area contributed by atoms with Gasteiger partial charge in [-0.25, -0.2) is 4.98 Å². The predicted molar refractivity (Wildman–Crippen MR) is 122 cm³/mol. The van der Waals surface area contributed by atoms with Gasteiger partial charge in [0.1, 0.15) is 10.8 Å². The van der Waals surface area contributed by atoms with E-state index in [1.807, 2.05) is 53.4 Å². The number of hydrogen-bond donors (Lipinski definition) is 0. The summed E-state index contributed by atoms with van der Waals surface area (Å²) >= 11 is 1.66. The Morgan fingerprint density at radius 1 is 1.00 bits per heavy atom. The summed E-state index contributed by atoms with van der Waals surface area (Å²) in [5.74, 6) is 0.943. The number of carbonyl (C=O) groups excluding carboxylic acids is 1. The number of methoxy groups -OCH3 is 2. The minimum atomic E-state index is 0.0964. The summed E-state index contributed by atoms with van der Waals surface area (Å²) in [7, 11) is 3.34. The van der Waals surface area contributed by atoms with E-state index in [2.05, 4.69) is 10.3 Å². The van der Waals surface area contributed by atoms with Crippen LogP contribution in [0.15, 0.2) is 53.9 Å². The Labute approximate surface area is 187 Å². The molecule has 0 unspecified atom stereocenters. The molecule has 1 aliphatic rings. The van der Waals surface area contributed by atoms with Crippen LogP contribution in [0.4, 0.5) is 0 Å². The van der Waals surface area contributed by atoms with Gasteiger partial charge in [0.15, 0.2) is 0 Å². The highest BCUT2D eigenvalue weighted by molar-refractivity contribution is 7.13. The number of ether oxygens (including phenoxy) is 2. The van der Waals surface area contributed by atoms with Gasteiger partial charge in [0, 0.05) is 56.3 Å². The molecule has 3 aromatic rings. The maximum atomic E-state index is 12.8. The van der Waals surface area contributed by atoms with Crippen molar-refractivity contribution in [2.75, 3.05) is 40.4 Å². The second-order valence-electron chi connectivity index (χ2n) is 7.57. The molecule has 1 fully saturated rings. The number of nitrogens with zero attached hydrogens (tertiary/aromatic N) is 3. The van der Waals surface area contributed by atoms with Crippen molar-refractivity contribution in [3.63, 3.8) is 0 Å². The monoisotopic (exact) mass is 437 g/mol. The number of thiazole rings is 1. The van der Waals surface area contributed by atoms with Crippen LogP contribution in [0.5, 0.6) is 5.75 Å². The molecular formula is C24H27N3O3S. The summed E-state index contributed by atoms with van der Waals surface area (Å²) < 4.78 is 10.4. The normalized spacial score (nSPS) is 14.6. The van der Waals surface area contributed by atoms with Gasteiger partial charge in [-0.3, -0.25) is 9.69 Å². The number of aromatic nitrogens is 1. The fourth-order valence-electron chi connectivity index (χ4n) is 3.68. The first-order valence-corrected chi connectivity index (χ1v) is 11.2. The quantitative estimate of drug-likeness (QED) is 0.561. The molecule has 31 heavy (non-hydrogen) atoms. The van der Waals surface area contributed by atoms with Crippen LogP contribution < -0.4 is 4.74 Å². The lowest BCUT2D eigenvalue weighted by Crippen LogP contribution is -2.48. The molecule has 1 saturated heterocycles. The van der Waals surface area contributed by atoms with E-state index >= 15 is 0 Å². The van der Waals surface area contributed by atoms with Gasteiger partial charge in [0.2, 0.25) is 0 Å². The molecule has 0 N–H and O–H groups in total. The van der Waals surface area contributed by atoms with Crippen molar-refractivity contribution in [1.29, 1.82) is 0 Å². The van der Waals surface area contributed by atoms with Gasteiger partial charge in [0.25, 0.3) is 5.91 Å². The standard InChI is InChI=1S/C24H27N3O3S/c1-29-16-18-3-5-20(6-4-18)24(28)27-13-11-26(12-14-27)15-21-17-31-23(25-21)19-7-9-22(30-2)10-8-19/h3-10,17H,11-16H2,1-2H3. The summed E-state index contributed by atoms with van der Waals surface area (Å²) in [5.41, 5.74) is 3.98. The highest BCUT2D eigenvalue weighted by Gasteiger charge is 2.22. The zero-order valence-electron chi connectivity index (χ0n) is 17.9. The van der Waals surface area contributed by atoms with Crippen molar-refractivity contribution in [3.8, 4) is 16.3 Å². The second kappa shape index (κ2) is 10.0. The molecule has 1 aliphatic heterocycles. The van der Waals surface area contributed by atoms with Crippen LogP contribution >= 0.6 is 11.3 Å². The number of carbonyl (C=O) groups is 1. The van der Waals surface area contributed by atoms with E-state index in [0.717, 1.165) is 65.9 Å². The second-order valence-corrected chi connectivity index (χ2v) is 8.43. The van der Waals surface area contributed by atoms with Crippen molar-refractivity contribution < 1.29 is 14.3 Å². The van der Waals surface area contributed by atoms with Crippen molar-refractivity contribution in [2.24, 2.45) is 0 Å². The van der Waals surface area contributed by atoms with E-state index in [1.54, 1.807) is 25.6 Å². The highest BCUT2D eigenvalue weighted by atomic mass is 32.1. The molecule has 6 nitrogen and oxygen atoms in total. The van der Waals surface area contributed by atoms with Crippen molar-refractivity contribution in [1.82, 2.24) is 14.8 Å². The molecule has 0 spiro atoms. The molecule has 0 radical (unpaired) electrons. The maximum Gasteiger partial charge on any atom is 0.253 e. The van der Waals surface area contributed by atoms with Crippen molar-refractivity contribution in [3.05, 3.63) is 70.7 Å². The van der Waals surface area contributed by atoms with Gasteiger partial charge >= 0.3 is 0 Å². The Kier molecular flexibility index (Phi) is 6.96. The number of hydrogen-bond acceptors (Lipinski definition) is 6. The summed E-state index contributed by atoms with van der Waals surface area (Å²) in [5, 5.41) is 3.14. The first-order chi connectivity index (χ1) is 15.2. The average molecular weight is 438 g/mol. The summed E-state index contributed by atoms with van der Waals surface area (Å²) in [6, 6.07) is 15.7. The average Bonchev–Trinajstić information content (AvgIpc) is 3.28. The van der Waals surface area contributed by atoms with Crippen LogP contribution in [0.3, 0.4) is 0 Å². The Bertz CT molecular complexity index is 994. The van der Waals surface area contributed by atoms with Crippen molar-refractivity contribution in [2.45, 2.75) is 13.2 Å². The first kappa shape index (κ1) is 21.5. The molecule has 0 saturated carbocycles. The topological polar surface area (TPSA) is 54.9 Å². The maximum absolute atomic E-state index is 12.8. The van der Waals surface area contributed by atoms with Gasteiger partial charge in [-0.1, -0.05) is 12.1 Å². The third-order valence-electron chi connectivity index (χ3n) is 5.45. The Morgan fingerprint density at radius 2 is 1.71 bits per heavy atom. The molecule has 1 aromatic heterocycles. The smallest absolute Gasteiger partial charge is 0.253 e. The fourth-order valence-corrected chi connectivity index (χ4v) is 4.49. The molecule has 2 heterocycles. The van der Waals surface area contributed by atoms with Crippen LogP contribution in [0.1, 0.15) is 21.6 Å². The minimum Gasteiger partial charge on any atom is -0.497 e. The van der Waals surface area contributed by atoms with Gasteiger partial charge in [-0.05, 0) is 42.0 Å². The van der Waals surface area contributed by atoms with E-state index in [4.69, 9.17) is 14.5 Å². The lowest BCUT2D eigenvalue weighted by Gasteiger charge is -2.34. The highest BCUT2D eigenvalue weighted by Crippen LogP contribution is 2.26. The van der Waals surface area contributed by atoms with Gasteiger partial charge in [0.05, 0.1) is 19.4 Å². The van der Waals surface area contributed by atoms with Crippen LogP contribution in [0.25, 0.3) is 10.6 Å². The molecule has 7 heteroatoms. The molecule has 2 aromatic carbocycles. The van der Waals surface area contributed by atoms with E-state index in [-0.39, 0.29) is 5.91 Å². The molecule has 4 rings (SSSR count). The molecule has 162 valence electrons. The first-order valence-electron chi connectivity index (χ1n) is 10.3. The predicted octanol–water partition coefficient (Wildman–Crippen LogP) is 3.92. The molecule has 0 aliphatic carbocycles. The Hall–Kier alpha value is -2.74. The van der Waals surface area contributed by atoms with E-state index in [0.29, 0.717) is 6.61 Å². The zero-order valence-corrected chi connectivity index (χ0v) is 18.7. The van der Waals surface area contributed by atoms with E-state index < -0.39 is 0 Å². The number of rotatable bonds is 7. The van der Waals surface area contributed by atoms with E-state index in [1.165, 1.54) is 0 Å². The lowest BCUT2D eigenvalue weighted by atomic mass is 10.1. The summed E-state index contributed by atoms with van der Waals surface area (Å²) in [4.78, 5) is 21.9. The van der Waals surface area contributed by atoms with Crippen LogP contribution in [-0.2, 0) is 17.9 Å². The lowest BCUT2D eigenvalue weighted by molar-refractivity contribution is 0.0627. The van der Waals surface area contributed by atoms with Crippen LogP contribution in [0.2, 0.25) is 0 Å². The number of piperazine rings is 1. The number of benzene rings is 2. The van der Waals surface area contributed by atoms with Gasteiger partial charge in [-0.2, -0.15) is 0 Å². The van der Waals surface area contributed by atoms with Gasteiger partial charge < -0.3 is 14.4 Å². The van der Waals surface area contributed by atoms with E-state index in [9.17, 15) is 4.79 Å². The summed E-state index contributed by atoms with van der Waals surface area (Å²) in [6.45, 7) is 4.53. The van der Waals surface area contributed by atoms with Crippen molar-refractivity contribution >= 4 is 17.2 Å². The minimum absolute atomic E-state index is 0.0964. The summed E-state index contributed by atoms with van der Waals surface area (Å²) in [6.07, 6.45) is 0. The molecule has 0 bridgehead atoms. The molecule has 0 atom stereocenters. The Balaban J connectivity index is 1.30. The SMILES string of the molecule is COCc1ccc(C(=O)N2CCN(Cc3csc(-c4ccc(OC)cc4)n3)CC2)cc1. The van der Waals surface area contributed by atoms with Crippen LogP contribution in [0, 0.1) is 0 Å².